The summed E-state index contributed by atoms with van der Waals surface area (Å²) in [5, 5.41) is 2.82. The van der Waals surface area contributed by atoms with Gasteiger partial charge in [0.1, 0.15) is 5.82 Å². The van der Waals surface area contributed by atoms with E-state index in [2.05, 4.69) is 17.3 Å². The Kier molecular flexibility index (Phi) is 4.31. The molecule has 1 saturated heterocycles. The van der Waals surface area contributed by atoms with Crippen molar-refractivity contribution in [3.63, 3.8) is 0 Å². The van der Waals surface area contributed by atoms with E-state index in [-0.39, 0.29) is 11.5 Å². The quantitative estimate of drug-likeness (QED) is 0.890. The fourth-order valence-electron chi connectivity index (χ4n) is 2.35. The summed E-state index contributed by atoms with van der Waals surface area (Å²) in [5.74, 6) is -0.793. The Morgan fingerprint density at radius 3 is 2.94 bits per heavy atom. The summed E-state index contributed by atoms with van der Waals surface area (Å²) in [5.41, 5.74) is 0.121. The van der Waals surface area contributed by atoms with Crippen LogP contribution in [0, 0.1) is 5.82 Å². The van der Waals surface area contributed by atoms with Crippen LogP contribution in [0.3, 0.4) is 0 Å². The molecule has 0 bridgehead atoms. The first kappa shape index (κ1) is 13.0. The Labute approximate surface area is 107 Å². The van der Waals surface area contributed by atoms with Crippen LogP contribution in [0.2, 0.25) is 0 Å². The van der Waals surface area contributed by atoms with E-state index in [1.165, 1.54) is 25.0 Å². The van der Waals surface area contributed by atoms with Crippen LogP contribution in [0.15, 0.2) is 24.3 Å². The van der Waals surface area contributed by atoms with Gasteiger partial charge in [0.15, 0.2) is 0 Å². The standard InChI is InChI=1S/C14H19FN2O/c1-17-9-5-4-6-11(17)10-16-14(18)12-7-2-3-8-13(12)15/h2-3,7-8,11H,4-6,9-10H2,1H3,(H,16,18). The van der Waals surface area contributed by atoms with E-state index in [1.807, 2.05) is 0 Å². The molecule has 1 atom stereocenters. The number of nitrogens with one attached hydrogen (secondary N) is 1. The molecule has 4 heteroatoms. The van der Waals surface area contributed by atoms with Crippen molar-refractivity contribution >= 4 is 5.91 Å². The first-order chi connectivity index (χ1) is 8.68. The van der Waals surface area contributed by atoms with Gasteiger partial charge < -0.3 is 10.2 Å². The number of carbonyl (C=O) groups is 1. The molecule has 1 fully saturated rings. The van der Waals surface area contributed by atoms with Gasteiger partial charge in [0.2, 0.25) is 0 Å². The number of hydrogen-bond acceptors (Lipinski definition) is 2. The monoisotopic (exact) mass is 250 g/mol. The van der Waals surface area contributed by atoms with Gasteiger partial charge in [-0.2, -0.15) is 0 Å². The molecule has 98 valence electrons. The number of likely N-dealkylation sites (N-methyl/N-ethyl adjacent to an activating group) is 1. The smallest absolute Gasteiger partial charge is 0.254 e. The first-order valence-corrected chi connectivity index (χ1v) is 6.41. The molecule has 2 rings (SSSR count). The number of halogens is 1. The van der Waals surface area contributed by atoms with Gasteiger partial charge in [0.05, 0.1) is 5.56 Å². The molecule has 1 amide bonds. The van der Waals surface area contributed by atoms with E-state index in [0.717, 1.165) is 13.0 Å². The zero-order valence-corrected chi connectivity index (χ0v) is 10.7. The second-order valence-corrected chi connectivity index (χ2v) is 4.82. The number of rotatable bonds is 3. The van der Waals surface area contributed by atoms with E-state index >= 15 is 0 Å². The molecule has 1 aliphatic heterocycles. The third-order valence-corrected chi connectivity index (χ3v) is 3.54. The van der Waals surface area contributed by atoms with Gasteiger partial charge in [-0.25, -0.2) is 4.39 Å². The minimum atomic E-state index is -0.466. The first-order valence-electron chi connectivity index (χ1n) is 6.41. The number of likely N-dealkylation sites (tertiary alicyclic amines) is 1. The van der Waals surface area contributed by atoms with Crippen molar-refractivity contribution in [2.45, 2.75) is 25.3 Å². The van der Waals surface area contributed by atoms with Crippen molar-refractivity contribution in [1.82, 2.24) is 10.2 Å². The number of nitrogens with zero attached hydrogens (tertiary/aromatic N) is 1. The van der Waals surface area contributed by atoms with E-state index in [9.17, 15) is 9.18 Å². The van der Waals surface area contributed by atoms with Crippen molar-refractivity contribution in [1.29, 1.82) is 0 Å². The summed E-state index contributed by atoms with van der Waals surface area (Å²) in [7, 11) is 2.07. The van der Waals surface area contributed by atoms with Crippen molar-refractivity contribution < 1.29 is 9.18 Å². The molecule has 0 aromatic heterocycles. The van der Waals surface area contributed by atoms with Crippen LogP contribution in [0.4, 0.5) is 4.39 Å². The lowest BCUT2D eigenvalue weighted by molar-refractivity contribution is 0.0924. The average Bonchev–Trinajstić information content (AvgIpc) is 2.38. The average molecular weight is 250 g/mol. The summed E-state index contributed by atoms with van der Waals surface area (Å²) in [4.78, 5) is 14.1. The molecule has 3 nitrogen and oxygen atoms in total. The lowest BCUT2D eigenvalue weighted by Crippen LogP contribution is -2.44. The fourth-order valence-corrected chi connectivity index (χ4v) is 2.35. The molecule has 1 heterocycles. The molecule has 1 aliphatic rings. The van der Waals surface area contributed by atoms with Gasteiger partial charge in [0, 0.05) is 12.6 Å². The highest BCUT2D eigenvalue weighted by molar-refractivity contribution is 5.94. The van der Waals surface area contributed by atoms with Crippen molar-refractivity contribution in [2.75, 3.05) is 20.1 Å². The van der Waals surface area contributed by atoms with Crippen LogP contribution in [0.5, 0.6) is 0 Å². The Bertz CT molecular complexity index is 422. The molecule has 1 aromatic rings. The van der Waals surface area contributed by atoms with Crippen molar-refractivity contribution in [3.05, 3.63) is 35.6 Å². The molecule has 0 aliphatic carbocycles. The number of piperidine rings is 1. The third kappa shape index (κ3) is 3.07. The number of hydrogen-bond donors (Lipinski definition) is 1. The maximum absolute atomic E-state index is 13.4. The largest absolute Gasteiger partial charge is 0.350 e. The third-order valence-electron chi connectivity index (χ3n) is 3.54. The topological polar surface area (TPSA) is 32.3 Å². The predicted octanol–water partition coefficient (Wildman–Crippen LogP) is 2.04. The lowest BCUT2D eigenvalue weighted by atomic mass is 10.0. The Morgan fingerprint density at radius 1 is 1.44 bits per heavy atom. The summed E-state index contributed by atoms with van der Waals surface area (Å²) in [6.07, 6.45) is 3.51. The Balaban J connectivity index is 1.90. The highest BCUT2D eigenvalue weighted by Crippen LogP contribution is 2.14. The molecular weight excluding hydrogens is 231 g/mol. The SMILES string of the molecule is CN1CCCCC1CNC(=O)c1ccccc1F. The number of amides is 1. The molecular formula is C14H19FN2O. The molecule has 0 spiro atoms. The van der Waals surface area contributed by atoms with Gasteiger partial charge >= 0.3 is 0 Å². The lowest BCUT2D eigenvalue weighted by Gasteiger charge is -2.32. The molecule has 0 radical (unpaired) electrons. The van der Waals surface area contributed by atoms with E-state index in [4.69, 9.17) is 0 Å². The minimum Gasteiger partial charge on any atom is -0.350 e. The highest BCUT2D eigenvalue weighted by Gasteiger charge is 2.20. The fraction of sp³-hybridized carbons (Fsp3) is 0.500. The van der Waals surface area contributed by atoms with Crippen LogP contribution in [0.1, 0.15) is 29.6 Å². The van der Waals surface area contributed by atoms with Crippen LogP contribution < -0.4 is 5.32 Å². The number of benzene rings is 1. The zero-order chi connectivity index (χ0) is 13.0. The van der Waals surface area contributed by atoms with Gasteiger partial charge in [-0.1, -0.05) is 18.6 Å². The minimum absolute atomic E-state index is 0.121. The van der Waals surface area contributed by atoms with Gasteiger partial charge in [-0.15, -0.1) is 0 Å². The molecule has 1 aromatic carbocycles. The van der Waals surface area contributed by atoms with Crippen LogP contribution in [-0.4, -0.2) is 37.0 Å². The summed E-state index contributed by atoms with van der Waals surface area (Å²) < 4.78 is 13.4. The van der Waals surface area contributed by atoms with Crippen molar-refractivity contribution in [2.24, 2.45) is 0 Å². The highest BCUT2D eigenvalue weighted by atomic mass is 19.1. The normalized spacial score (nSPS) is 20.7. The van der Waals surface area contributed by atoms with Gasteiger partial charge in [0.25, 0.3) is 5.91 Å². The van der Waals surface area contributed by atoms with E-state index in [0.29, 0.717) is 12.6 Å². The molecule has 1 unspecified atom stereocenters. The second kappa shape index (κ2) is 5.96. The maximum Gasteiger partial charge on any atom is 0.254 e. The van der Waals surface area contributed by atoms with E-state index < -0.39 is 5.82 Å². The van der Waals surface area contributed by atoms with Gasteiger partial charge in [-0.3, -0.25) is 4.79 Å². The summed E-state index contributed by atoms with van der Waals surface area (Å²) in [6, 6.07) is 6.44. The predicted molar refractivity (Wildman–Crippen MR) is 69.0 cm³/mol. The molecule has 0 saturated carbocycles. The molecule has 18 heavy (non-hydrogen) atoms. The summed E-state index contributed by atoms with van der Waals surface area (Å²) in [6.45, 7) is 1.66. The van der Waals surface area contributed by atoms with Crippen LogP contribution in [0.25, 0.3) is 0 Å². The van der Waals surface area contributed by atoms with E-state index in [1.54, 1.807) is 12.1 Å². The maximum atomic E-state index is 13.4. The zero-order valence-electron chi connectivity index (χ0n) is 10.7. The van der Waals surface area contributed by atoms with Gasteiger partial charge in [-0.05, 0) is 38.6 Å². The van der Waals surface area contributed by atoms with Crippen molar-refractivity contribution in [3.8, 4) is 0 Å². The Morgan fingerprint density at radius 2 is 2.22 bits per heavy atom. The van der Waals surface area contributed by atoms with Crippen LogP contribution in [-0.2, 0) is 0 Å². The second-order valence-electron chi connectivity index (χ2n) is 4.82. The Hall–Kier alpha value is -1.42. The number of carbonyl (C=O) groups excluding carboxylic acids is 1. The summed E-state index contributed by atoms with van der Waals surface area (Å²) >= 11 is 0. The molecule has 1 N–H and O–H groups in total. The van der Waals surface area contributed by atoms with Crippen LogP contribution >= 0.6 is 0 Å².